The number of aryl methyl sites for hydroxylation is 1. The van der Waals surface area contributed by atoms with Crippen LogP contribution in [0.1, 0.15) is 57.6 Å². The number of nitrogens with zero attached hydrogens (tertiary/aromatic N) is 2. The molecule has 298 valence electrons. The van der Waals surface area contributed by atoms with Crippen molar-refractivity contribution in [3.8, 4) is 17.1 Å². The zero-order valence-corrected chi connectivity index (χ0v) is 26.9. The molecule has 0 aliphatic rings. The minimum atomic E-state index is -7.95. The van der Waals surface area contributed by atoms with Gasteiger partial charge in [0, 0.05) is 5.56 Å². The first-order valence-electron chi connectivity index (χ1n) is 15.3. The van der Waals surface area contributed by atoms with E-state index in [2.05, 4.69) is 19.4 Å². The number of halogens is 16. The fraction of sp³-hybridized carbons (Fsp3) is 0.667. The van der Waals surface area contributed by atoms with Gasteiger partial charge in [-0.25, -0.2) is 23.8 Å². The highest BCUT2D eigenvalue weighted by atomic mass is 19.4. The summed E-state index contributed by atoms with van der Waals surface area (Å²) in [5.41, 5.74) is 1.17. The monoisotopic (exact) mass is 788 g/mol. The van der Waals surface area contributed by atoms with Crippen LogP contribution in [0.25, 0.3) is 11.4 Å². The number of benzene rings is 1. The zero-order chi connectivity index (χ0) is 39.7. The third-order valence-electron chi connectivity index (χ3n) is 6.86. The van der Waals surface area contributed by atoms with E-state index in [0.29, 0.717) is 29.4 Å². The summed E-state index contributed by atoms with van der Waals surface area (Å²) in [4.78, 5) is 8.82. The lowest BCUT2D eigenvalue weighted by Gasteiger charge is -2.36. The molecule has 0 aliphatic heterocycles. The minimum Gasteiger partial charge on any atom is -0.490 e. The van der Waals surface area contributed by atoms with Crippen molar-refractivity contribution in [3.05, 3.63) is 42.2 Å². The molecular formula is C30H32F16N2O4. The van der Waals surface area contributed by atoms with E-state index in [1.165, 1.54) is 6.20 Å². The van der Waals surface area contributed by atoms with E-state index in [1.54, 1.807) is 35.1 Å². The van der Waals surface area contributed by atoms with E-state index in [0.717, 1.165) is 25.7 Å². The SMILES string of the molecule is CCCCCCOc1cnc(-c2ccccc2)nc1CCCC[C@H](F)COCC(F)(F)OC(F)(F)C(F)(F)OC(F)(F)C(F)(F)C(F)(F)C(F)(F)F. The highest BCUT2D eigenvalue weighted by molar-refractivity contribution is 5.55. The number of aromatic nitrogens is 2. The van der Waals surface area contributed by atoms with Crippen LogP contribution in [-0.4, -0.2) is 78.4 Å². The first kappa shape index (κ1) is 45.0. The smallest absolute Gasteiger partial charge is 0.460 e. The summed E-state index contributed by atoms with van der Waals surface area (Å²) in [6.45, 7) is -1.35. The van der Waals surface area contributed by atoms with Crippen LogP contribution in [0.3, 0.4) is 0 Å². The fourth-order valence-electron chi connectivity index (χ4n) is 4.11. The molecule has 1 heterocycles. The van der Waals surface area contributed by atoms with Crippen LogP contribution < -0.4 is 4.74 Å². The molecule has 0 saturated carbocycles. The second-order valence-electron chi connectivity index (χ2n) is 11.2. The molecule has 2 aromatic rings. The van der Waals surface area contributed by atoms with Crippen molar-refractivity contribution >= 4 is 0 Å². The summed E-state index contributed by atoms with van der Waals surface area (Å²) < 4.78 is 225. The molecule has 22 heteroatoms. The molecule has 0 amide bonds. The lowest BCUT2D eigenvalue weighted by atomic mass is 10.1. The number of rotatable bonds is 23. The van der Waals surface area contributed by atoms with Crippen molar-refractivity contribution in [3.63, 3.8) is 0 Å². The van der Waals surface area contributed by atoms with Gasteiger partial charge in [0.2, 0.25) is 0 Å². The average Bonchev–Trinajstić information content (AvgIpc) is 3.02. The molecule has 0 saturated heterocycles. The Morgan fingerprint density at radius 2 is 1.31 bits per heavy atom. The minimum absolute atomic E-state index is 0.0614. The zero-order valence-electron chi connectivity index (χ0n) is 26.9. The van der Waals surface area contributed by atoms with E-state index in [4.69, 9.17) is 4.74 Å². The van der Waals surface area contributed by atoms with Gasteiger partial charge in [0.1, 0.15) is 12.8 Å². The van der Waals surface area contributed by atoms with Crippen LogP contribution in [-0.2, 0) is 20.6 Å². The number of alkyl halides is 16. The van der Waals surface area contributed by atoms with E-state index in [1.807, 2.05) is 6.92 Å². The van der Waals surface area contributed by atoms with Crippen LogP contribution >= 0.6 is 0 Å². The standard InChI is InChI=1S/C30H32F16N2O4/c1-2-3-4-10-15-50-22-16-47-23(19-11-6-5-7-12-19)48-21(22)14-9-8-13-20(31)17-49-18-24(32,33)51-29(43,44)30(45,46)52-28(41,42)26(36,37)25(34,35)27(38,39)40/h5-7,11-12,16,20H,2-4,8-10,13-15,17-18H2,1H3/t20-/m0/s1. The Balaban J connectivity index is 1.93. The summed E-state index contributed by atoms with van der Waals surface area (Å²) in [6, 6.07) is 8.84. The Morgan fingerprint density at radius 1 is 0.692 bits per heavy atom. The maximum absolute atomic E-state index is 14.3. The molecule has 6 nitrogen and oxygen atoms in total. The third-order valence-corrected chi connectivity index (χ3v) is 6.86. The molecular weight excluding hydrogens is 756 g/mol. The number of hydrogen-bond donors (Lipinski definition) is 0. The van der Waals surface area contributed by atoms with E-state index in [-0.39, 0.29) is 25.7 Å². The maximum Gasteiger partial charge on any atom is 0.460 e. The lowest BCUT2D eigenvalue weighted by molar-refractivity contribution is -0.543. The van der Waals surface area contributed by atoms with Gasteiger partial charge >= 0.3 is 42.5 Å². The molecule has 1 atom stereocenters. The summed E-state index contributed by atoms with van der Waals surface area (Å²) in [5.74, 6) is -15.0. The van der Waals surface area contributed by atoms with Crippen LogP contribution in [0.4, 0.5) is 70.2 Å². The van der Waals surface area contributed by atoms with Crippen molar-refractivity contribution in [2.24, 2.45) is 0 Å². The maximum atomic E-state index is 14.3. The highest BCUT2D eigenvalue weighted by Crippen LogP contribution is 2.56. The van der Waals surface area contributed by atoms with Crippen molar-refractivity contribution < 1.29 is 89.2 Å². The second-order valence-corrected chi connectivity index (χ2v) is 11.2. The van der Waals surface area contributed by atoms with Crippen LogP contribution in [0, 0.1) is 0 Å². The van der Waals surface area contributed by atoms with Crippen molar-refractivity contribution in [2.45, 2.75) is 107 Å². The number of ether oxygens (including phenoxy) is 4. The van der Waals surface area contributed by atoms with Gasteiger partial charge in [0.15, 0.2) is 11.6 Å². The Kier molecular flexibility index (Phi) is 15.4. The Labute approximate surface area is 285 Å². The normalized spacial score (nSPS) is 14.5. The van der Waals surface area contributed by atoms with Crippen molar-refractivity contribution in [1.29, 1.82) is 0 Å². The van der Waals surface area contributed by atoms with Gasteiger partial charge in [-0.05, 0) is 25.7 Å². The highest BCUT2D eigenvalue weighted by Gasteiger charge is 2.85. The van der Waals surface area contributed by atoms with Crippen molar-refractivity contribution in [2.75, 3.05) is 19.8 Å². The Hall–Kier alpha value is -3.14. The second kappa shape index (κ2) is 17.8. The predicted octanol–water partition coefficient (Wildman–Crippen LogP) is 10.4. The van der Waals surface area contributed by atoms with E-state index < -0.39 is 61.8 Å². The molecule has 0 N–H and O–H groups in total. The molecule has 52 heavy (non-hydrogen) atoms. The van der Waals surface area contributed by atoms with Gasteiger partial charge in [0.05, 0.1) is 25.1 Å². The molecule has 0 fully saturated rings. The Bertz CT molecular complexity index is 1380. The molecule has 0 unspecified atom stereocenters. The summed E-state index contributed by atoms with van der Waals surface area (Å²) in [6.07, 6.45) is -32.1. The van der Waals surface area contributed by atoms with Gasteiger partial charge in [-0.1, -0.05) is 62.9 Å². The molecule has 0 aliphatic carbocycles. The van der Waals surface area contributed by atoms with E-state index in [9.17, 15) is 70.2 Å². The number of hydrogen-bond acceptors (Lipinski definition) is 6. The molecule has 0 spiro atoms. The molecule has 1 aromatic heterocycles. The van der Waals surface area contributed by atoms with Crippen molar-refractivity contribution in [1.82, 2.24) is 9.97 Å². The van der Waals surface area contributed by atoms with Crippen LogP contribution in [0.2, 0.25) is 0 Å². The summed E-state index contributed by atoms with van der Waals surface area (Å²) in [5, 5.41) is 0. The fourth-order valence-corrected chi connectivity index (χ4v) is 4.11. The first-order chi connectivity index (χ1) is 23.8. The van der Waals surface area contributed by atoms with Gasteiger partial charge in [-0.2, -0.15) is 65.9 Å². The predicted molar refractivity (Wildman–Crippen MR) is 148 cm³/mol. The lowest BCUT2D eigenvalue weighted by Crippen LogP contribution is -2.64. The molecule has 1 aromatic carbocycles. The molecule has 2 rings (SSSR count). The van der Waals surface area contributed by atoms with Crippen LogP contribution in [0.5, 0.6) is 5.75 Å². The van der Waals surface area contributed by atoms with Crippen LogP contribution in [0.15, 0.2) is 36.5 Å². The molecule has 0 bridgehead atoms. The van der Waals surface area contributed by atoms with Gasteiger partial charge in [-0.3, -0.25) is 0 Å². The average molecular weight is 789 g/mol. The van der Waals surface area contributed by atoms with E-state index >= 15 is 0 Å². The van der Waals surface area contributed by atoms with Gasteiger partial charge in [-0.15, -0.1) is 0 Å². The molecule has 0 radical (unpaired) electrons. The van der Waals surface area contributed by atoms with Gasteiger partial charge < -0.3 is 9.47 Å². The largest absolute Gasteiger partial charge is 0.490 e. The third kappa shape index (κ3) is 11.9. The van der Waals surface area contributed by atoms with Gasteiger partial charge in [0.25, 0.3) is 0 Å². The number of unbranched alkanes of at least 4 members (excludes halogenated alkanes) is 4. The first-order valence-corrected chi connectivity index (χ1v) is 15.3. The Morgan fingerprint density at radius 3 is 1.90 bits per heavy atom. The summed E-state index contributed by atoms with van der Waals surface area (Å²) in [7, 11) is 0. The topological polar surface area (TPSA) is 62.7 Å². The quantitative estimate of drug-likeness (QED) is 0.0826. The summed E-state index contributed by atoms with van der Waals surface area (Å²) >= 11 is 0.